The van der Waals surface area contributed by atoms with Gasteiger partial charge in [0.15, 0.2) is 16.9 Å². The number of nitrogens with one attached hydrogen (secondary N) is 2. The van der Waals surface area contributed by atoms with E-state index >= 15 is 9.59 Å². The molecule has 2 fully saturated rings. The summed E-state index contributed by atoms with van der Waals surface area (Å²) in [5.74, 6) is -2.06. The van der Waals surface area contributed by atoms with Gasteiger partial charge in [-0.25, -0.2) is 14.6 Å². The number of aliphatic hydroxyl groups excluding tert-OH is 1. The predicted molar refractivity (Wildman–Crippen MR) is 328 cm³/mol. The Hall–Kier alpha value is -9.61. The minimum absolute atomic E-state index is 0.0880. The number of nitrogens with zero attached hydrogens (tertiary/aromatic N) is 4. The third-order valence-electron chi connectivity index (χ3n) is 15.4. The number of ether oxygens (including phenoxy) is 2. The van der Waals surface area contributed by atoms with Crippen LogP contribution in [0.2, 0.25) is 0 Å². The van der Waals surface area contributed by atoms with Crippen LogP contribution in [0.15, 0.2) is 264 Å². The molecule has 4 heterocycles. The van der Waals surface area contributed by atoms with Gasteiger partial charge in [-0.05, 0) is 34.2 Å². The summed E-state index contributed by atoms with van der Waals surface area (Å²) in [6.45, 7) is 0.0868. The van der Waals surface area contributed by atoms with Gasteiger partial charge in [0.2, 0.25) is 5.60 Å². The lowest BCUT2D eigenvalue weighted by atomic mass is 9.77. The molecule has 0 aliphatic carbocycles. The topological polar surface area (TPSA) is 172 Å². The Labute approximate surface area is 500 Å². The van der Waals surface area contributed by atoms with E-state index in [1.165, 1.54) is 32.9 Å². The van der Waals surface area contributed by atoms with Crippen LogP contribution in [0.1, 0.15) is 62.7 Å². The average molecular weight is 1160 g/mol. The molecular weight excluding hydrogens is 1100 g/mol. The molecule has 14 nitrogen and oxygen atoms in total. The molecule has 2 saturated heterocycles. The highest BCUT2D eigenvalue weighted by molar-refractivity contribution is 8.00. The van der Waals surface area contributed by atoms with Gasteiger partial charge < -0.3 is 35.0 Å². The van der Waals surface area contributed by atoms with Gasteiger partial charge >= 0.3 is 12.1 Å². The summed E-state index contributed by atoms with van der Waals surface area (Å²) in [5.41, 5.74) is 4.19. The molecule has 3 amide bonds. The Morgan fingerprint density at radius 3 is 1.56 bits per heavy atom. The molecule has 9 aromatic rings. The summed E-state index contributed by atoms with van der Waals surface area (Å²) < 4.78 is 12.2. The number of rotatable bonds is 19. The molecule has 0 radical (unpaired) electrons. The van der Waals surface area contributed by atoms with Crippen molar-refractivity contribution in [2.75, 3.05) is 30.8 Å². The Morgan fingerprint density at radius 2 is 1.11 bits per heavy atom. The summed E-state index contributed by atoms with van der Waals surface area (Å²) in [6.07, 6.45) is -1.80. The number of anilines is 1. The molecule has 16 heteroatoms. The standard InChI is InChI=1S/C69H58N6O8S2/c76-56-41-42-74(43-56)67(80)81-44-49-45-84-64-59(63(78)75(64)60(49)65(79)82-61(47-25-9-1-10-26-47)48-27-11-2-12-28-48)71-62(77)58(73-83-69(53-35-19-6-20-36-53,54-37-21-7-22-38-54)55-39-23-8-24-40-55)57-46-85-66(70-57)72-68(50-29-13-3-14-30-50,51-31-15-4-16-32-51)52-33-17-5-18-34-52/h1-40,46,56,59,61,64,76H,41-45H2,(H,70,72)(H,71,77)/b73-58-/t56?,59?,64-/m1/s1. The van der Waals surface area contributed by atoms with Crippen LogP contribution in [0.25, 0.3) is 0 Å². The Morgan fingerprint density at radius 1 is 0.647 bits per heavy atom. The zero-order valence-electron chi connectivity index (χ0n) is 45.9. The van der Waals surface area contributed by atoms with E-state index in [9.17, 15) is 14.7 Å². The first-order valence-corrected chi connectivity index (χ1v) is 29.9. The van der Waals surface area contributed by atoms with Crippen LogP contribution in [-0.4, -0.2) is 92.4 Å². The zero-order chi connectivity index (χ0) is 58.2. The summed E-state index contributed by atoms with van der Waals surface area (Å²) >= 11 is 2.58. The third kappa shape index (κ3) is 11.3. The van der Waals surface area contributed by atoms with Crippen LogP contribution in [-0.2, 0) is 39.8 Å². The van der Waals surface area contributed by atoms with Gasteiger partial charge in [0.1, 0.15) is 35.0 Å². The van der Waals surface area contributed by atoms with Crippen molar-refractivity contribution in [3.63, 3.8) is 0 Å². The van der Waals surface area contributed by atoms with Crippen LogP contribution in [0.3, 0.4) is 0 Å². The first-order valence-electron chi connectivity index (χ1n) is 27.9. The first-order chi connectivity index (χ1) is 41.7. The van der Waals surface area contributed by atoms with Crippen molar-refractivity contribution >= 4 is 57.8 Å². The number of carbonyl (C=O) groups excluding carboxylic acids is 4. The number of oxime groups is 1. The molecule has 1 aromatic heterocycles. The second-order valence-electron chi connectivity index (χ2n) is 20.7. The maximum atomic E-state index is 15.6. The lowest BCUT2D eigenvalue weighted by Gasteiger charge is -2.49. The summed E-state index contributed by atoms with van der Waals surface area (Å²) in [4.78, 5) is 73.8. The predicted octanol–water partition coefficient (Wildman–Crippen LogP) is 11.4. The normalized spacial score (nSPS) is 16.9. The largest absolute Gasteiger partial charge is 0.448 e. The van der Waals surface area contributed by atoms with Gasteiger partial charge in [0.05, 0.1) is 6.10 Å². The summed E-state index contributed by atoms with van der Waals surface area (Å²) in [7, 11) is 0. The summed E-state index contributed by atoms with van der Waals surface area (Å²) in [5, 5.41) is 23.3. The molecular formula is C69H58N6O8S2. The second kappa shape index (κ2) is 25.1. The number of aromatic nitrogens is 1. The minimum Gasteiger partial charge on any atom is -0.448 e. The SMILES string of the molecule is O=C(OC(c1ccccc1)c1ccccc1)C1=C(COC(=O)N2CCC(O)C2)CS[C@@H]2C(NC(=O)/C(=N\OC(c3ccccc3)(c3ccccc3)c3ccccc3)c3csc(NC(c4ccccc4)(c4ccccc4)c4ccccc4)n3)C(=O)N12. The monoisotopic (exact) mass is 1160 g/mol. The number of hydrogen-bond acceptors (Lipinski definition) is 13. The van der Waals surface area contributed by atoms with E-state index in [0.717, 1.165) is 33.4 Å². The van der Waals surface area contributed by atoms with E-state index in [4.69, 9.17) is 24.5 Å². The van der Waals surface area contributed by atoms with E-state index in [1.54, 1.807) is 5.38 Å². The molecule has 3 aliphatic rings. The van der Waals surface area contributed by atoms with Crippen LogP contribution in [0.4, 0.5) is 9.93 Å². The van der Waals surface area contributed by atoms with Crippen molar-refractivity contribution in [2.45, 2.75) is 41.2 Å². The molecule has 424 valence electrons. The van der Waals surface area contributed by atoms with E-state index in [0.29, 0.717) is 34.8 Å². The lowest BCUT2D eigenvalue weighted by Crippen LogP contribution is -2.71. The molecule has 85 heavy (non-hydrogen) atoms. The number of fused-ring (bicyclic) bond motifs is 1. The highest BCUT2D eigenvalue weighted by Crippen LogP contribution is 2.45. The molecule has 8 aromatic carbocycles. The number of β-lactam (4-membered cyclic amide) rings is 1. The molecule has 3 N–H and O–H groups in total. The van der Waals surface area contributed by atoms with Gasteiger partial charge in [-0.15, -0.1) is 23.1 Å². The van der Waals surface area contributed by atoms with Crippen molar-refractivity contribution in [3.8, 4) is 0 Å². The second-order valence-corrected chi connectivity index (χ2v) is 22.6. The first kappa shape index (κ1) is 55.9. The maximum Gasteiger partial charge on any atom is 0.410 e. The fourth-order valence-electron chi connectivity index (χ4n) is 11.3. The summed E-state index contributed by atoms with van der Waals surface area (Å²) in [6, 6.07) is 76.6. The van der Waals surface area contributed by atoms with Crippen LogP contribution < -0.4 is 10.6 Å². The number of benzene rings is 8. The lowest BCUT2D eigenvalue weighted by molar-refractivity contribution is -0.154. The van der Waals surface area contributed by atoms with Crippen LogP contribution in [0, 0.1) is 0 Å². The van der Waals surface area contributed by atoms with Gasteiger partial charge in [0, 0.05) is 46.5 Å². The molecule has 0 saturated carbocycles. The van der Waals surface area contributed by atoms with Crippen molar-refractivity contribution in [1.82, 2.24) is 20.1 Å². The van der Waals surface area contributed by atoms with Gasteiger partial charge in [-0.1, -0.05) is 248 Å². The molecule has 0 spiro atoms. The average Bonchev–Trinajstić information content (AvgIpc) is 1.48. The number of β-amino-alcohol motifs (C(OH)–C–C–N with tert-alkyl or cyclic N) is 1. The fraction of sp³-hybridized carbons (Fsp3) is 0.159. The van der Waals surface area contributed by atoms with Crippen molar-refractivity contribution < 1.29 is 38.6 Å². The van der Waals surface area contributed by atoms with E-state index in [1.807, 2.05) is 206 Å². The van der Waals surface area contributed by atoms with Gasteiger partial charge in [0.25, 0.3) is 11.8 Å². The Kier molecular flexibility index (Phi) is 16.5. The van der Waals surface area contributed by atoms with Crippen molar-refractivity contribution in [3.05, 3.63) is 310 Å². The molecule has 3 atom stereocenters. The number of amides is 3. The number of carbonyl (C=O) groups is 4. The molecule has 0 bridgehead atoms. The number of hydrogen-bond donors (Lipinski definition) is 3. The fourth-order valence-corrected chi connectivity index (χ4v) is 13.3. The van der Waals surface area contributed by atoms with Crippen LogP contribution >= 0.6 is 23.1 Å². The van der Waals surface area contributed by atoms with E-state index in [-0.39, 0.29) is 36.0 Å². The number of esters is 1. The maximum absolute atomic E-state index is 15.6. The Balaban J connectivity index is 0.926. The van der Waals surface area contributed by atoms with E-state index < -0.39 is 58.6 Å². The Bertz CT molecular complexity index is 3610. The molecule has 2 unspecified atom stereocenters. The highest BCUT2D eigenvalue weighted by Gasteiger charge is 2.55. The number of thioether (sulfide) groups is 1. The van der Waals surface area contributed by atoms with E-state index in [2.05, 4.69) is 47.0 Å². The number of aliphatic hydroxyl groups is 1. The quantitative estimate of drug-likeness (QED) is 0.0231. The minimum atomic E-state index is -1.41. The van der Waals surface area contributed by atoms with Gasteiger partial charge in [-0.2, -0.15) is 0 Å². The number of likely N-dealkylation sites (tertiary alicyclic amines) is 1. The van der Waals surface area contributed by atoms with Gasteiger partial charge in [-0.3, -0.25) is 14.5 Å². The van der Waals surface area contributed by atoms with Crippen molar-refractivity contribution in [2.24, 2.45) is 5.16 Å². The molecule has 3 aliphatic heterocycles. The van der Waals surface area contributed by atoms with Crippen molar-refractivity contribution in [1.29, 1.82) is 0 Å². The zero-order valence-corrected chi connectivity index (χ0v) is 47.6. The molecule has 12 rings (SSSR count). The highest BCUT2D eigenvalue weighted by atomic mass is 32.2. The smallest absolute Gasteiger partial charge is 0.410 e. The van der Waals surface area contributed by atoms with Crippen LogP contribution in [0.5, 0.6) is 0 Å². The third-order valence-corrected chi connectivity index (χ3v) is 17.5. The number of thiazole rings is 1.